The van der Waals surface area contributed by atoms with Gasteiger partial charge in [0.05, 0.1) is 0 Å². The molecule has 0 radical (unpaired) electrons. The molecule has 2 aromatic rings. The molecule has 0 fully saturated rings. The van der Waals surface area contributed by atoms with Crippen LogP contribution in [0.5, 0.6) is 5.75 Å². The Morgan fingerprint density at radius 2 is 1.96 bits per heavy atom. The second-order valence-electron chi connectivity index (χ2n) is 6.90. The van der Waals surface area contributed by atoms with Gasteiger partial charge in [-0.1, -0.05) is 44.2 Å². The molecule has 0 aliphatic heterocycles. The molecule has 0 aliphatic carbocycles. The van der Waals surface area contributed by atoms with Crippen molar-refractivity contribution < 1.29 is 19.7 Å². The zero-order valence-corrected chi connectivity index (χ0v) is 15.1. The quantitative estimate of drug-likeness (QED) is 0.635. The van der Waals surface area contributed by atoms with Gasteiger partial charge in [0, 0.05) is 30.4 Å². The van der Waals surface area contributed by atoms with Crippen LogP contribution in [0, 0.1) is 5.92 Å². The van der Waals surface area contributed by atoms with Gasteiger partial charge in [-0.15, -0.1) is 0 Å². The van der Waals surface area contributed by atoms with Crippen molar-refractivity contribution in [2.75, 3.05) is 0 Å². The Balaban J connectivity index is 2.11. The van der Waals surface area contributed by atoms with Crippen LogP contribution in [0.15, 0.2) is 48.7 Å². The van der Waals surface area contributed by atoms with Crippen LogP contribution < -0.4 is 10.5 Å². The van der Waals surface area contributed by atoms with E-state index >= 15 is 0 Å². The van der Waals surface area contributed by atoms with Crippen LogP contribution in [0.1, 0.15) is 31.5 Å². The normalized spacial score (nSPS) is 14.7. The fourth-order valence-corrected chi connectivity index (χ4v) is 2.73. The Morgan fingerprint density at radius 1 is 1.27 bits per heavy atom. The Hall–Kier alpha value is -2.44. The Morgan fingerprint density at radius 3 is 2.58 bits per heavy atom. The maximum absolute atomic E-state index is 11.7. The molecule has 0 spiro atoms. The highest BCUT2D eigenvalue weighted by Gasteiger charge is 2.43. The fourth-order valence-electron chi connectivity index (χ4n) is 2.73. The third-order valence-electron chi connectivity index (χ3n) is 4.20. The number of carbonyl (C=O) groups is 1. The molecule has 140 valence electrons. The summed E-state index contributed by atoms with van der Waals surface area (Å²) in [7, 11) is 0. The summed E-state index contributed by atoms with van der Waals surface area (Å²) in [6, 6.07) is 12.1. The summed E-state index contributed by atoms with van der Waals surface area (Å²) in [5, 5.41) is 20.2. The fraction of sp³-hybridized carbons (Fsp3) is 0.400. The second-order valence-corrected chi connectivity index (χ2v) is 6.90. The zero-order valence-electron chi connectivity index (χ0n) is 15.1. The third kappa shape index (κ3) is 5.28. The first-order valence-corrected chi connectivity index (χ1v) is 8.64. The van der Waals surface area contributed by atoms with Gasteiger partial charge in [0.2, 0.25) is 0 Å². The number of aromatic nitrogens is 1. The first kappa shape index (κ1) is 19.9. The minimum atomic E-state index is -2.07. The molecule has 0 aliphatic rings. The number of aliphatic carboxylic acids is 1. The van der Waals surface area contributed by atoms with Crippen molar-refractivity contribution in [2.45, 2.75) is 44.9 Å². The lowest BCUT2D eigenvalue weighted by molar-refractivity contribution is -0.161. The Bertz CT molecular complexity index is 721. The average Bonchev–Trinajstić information content (AvgIpc) is 2.60. The lowest BCUT2D eigenvalue weighted by atomic mass is 9.84. The van der Waals surface area contributed by atoms with Gasteiger partial charge >= 0.3 is 5.97 Å². The Kier molecular flexibility index (Phi) is 6.71. The molecule has 6 heteroatoms. The number of hydrogen-bond acceptors (Lipinski definition) is 5. The molecule has 0 saturated carbocycles. The van der Waals surface area contributed by atoms with Gasteiger partial charge in [-0.2, -0.15) is 0 Å². The van der Waals surface area contributed by atoms with E-state index in [1.54, 1.807) is 12.1 Å². The number of pyridine rings is 1. The van der Waals surface area contributed by atoms with Crippen molar-refractivity contribution >= 4 is 5.97 Å². The predicted octanol–water partition coefficient (Wildman–Crippen LogP) is 2.39. The van der Waals surface area contributed by atoms with Crippen molar-refractivity contribution in [3.8, 4) is 5.75 Å². The number of ether oxygens (including phenoxy) is 1. The summed E-state index contributed by atoms with van der Waals surface area (Å²) in [5.41, 5.74) is 5.35. The molecule has 26 heavy (non-hydrogen) atoms. The van der Waals surface area contributed by atoms with Crippen LogP contribution in [-0.2, 0) is 17.8 Å². The largest absolute Gasteiger partial charge is 0.489 e. The van der Waals surface area contributed by atoms with Gasteiger partial charge in [-0.25, -0.2) is 4.79 Å². The van der Waals surface area contributed by atoms with Crippen LogP contribution in [0.4, 0.5) is 0 Å². The van der Waals surface area contributed by atoms with Crippen molar-refractivity contribution in [2.24, 2.45) is 11.7 Å². The number of carboxylic acids is 1. The van der Waals surface area contributed by atoms with Crippen LogP contribution in [-0.4, -0.2) is 32.8 Å². The number of hydrogen-bond donors (Lipinski definition) is 3. The molecule has 4 N–H and O–H groups in total. The van der Waals surface area contributed by atoms with E-state index in [1.807, 2.05) is 44.2 Å². The number of nitrogens with two attached hydrogens (primary N) is 1. The minimum absolute atomic E-state index is 0.171. The first-order valence-electron chi connectivity index (χ1n) is 8.64. The van der Waals surface area contributed by atoms with Crippen molar-refractivity contribution in [1.82, 2.24) is 4.98 Å². The SMILES string of the molecule is CC(C)CC(N)C(O)(Cc1cc(OCc2ccccc2)ccn1)C(=O)O. The van der Waals surface area contributed by atoms with E-state index in [0.29, 0.717) is 24.5 Å². The molecule has 0 bridgehead atoms. The lowest BCUT2D eigenvalue weighted by Crippen LogP contribution is -2.56. The summed E-state index contributed by atoms with van der Waals surface area (Å²) >= 11 is 0. The van der Waals surface area contributed by atoms with Gasteiger partial charge in [-0.05, 0) is 24.0 Å². The van der Waals surface area contributed by atoms with E-state index in [1.165, 1.54) is 6.20 Å². The summed E-state index contributed by atoms with van der Waals surface area (Å²) < 4.78 is 5.73. The third-order valence-corrected chi connectivity index (χ3v) is 4.20. The number of rotatable bonds is 9. The van der Waals surface area contributed by atoms with E-state index < -0.39 is 17.6 Å². The van der Waals surface area contributed by atoms with Gasteiger partial charge in [0.15, 0.2) is 5.60 Å². The maximum atomic E-state index is 11.7. The molecule has 2 unspecified atom stereocenters. The monoisotopic (exact) mass is 358 g/mol. The lowest BCUT2D eigenvalue weighted by Gasteiger charge is -2.30. The average molecular weight is 358 g/mol. The van der Waals surface area contributed by atoms with E-state index in [0.717, 1.165) is 5.56 Å². The second kappa shape index (κ2) is 8.78. The van der Waals surface area contributed by atoms with Crippen molar-refractivity contribution in [3.63, 3.8) is 0 Å². The van der Waals surface area contributed by atoms with E-state index in [4.69, 9.17) is 10.5 Å². The van der Waals surface area contributed by atoms with Gasteiger partial charge in [-0.3, -0.25) is 4.98 Å². The summed E-state index contributed by atoms with van der Waals surface area (Å²) in [6.07, 6.45) is 1.75. The molecular weight excluding hydrogens is 332 g/mol. The van der Waals surface area contributed by atoms with E-state index in [2.05, 4.69) is 4.98 Å². The van der Waals surface area contributed by atoms with Crippen LogP contribution in [0.2, 0.25) is 0 Å². The van der Waals surface area contributed by atoms with Crippen LogP contribution >= 0.6 is 0 Å². The molecule has 0 amide bonds. The van der Waals surface area contributed by atoms with Gasteiger partial charge in [0.25, 0.3) is 0 Å². The molecule has 2 atom stereocenters. The molecule has 0 saturated heterocycles. The summed E-state index contributed by atoms with van der Waals surface area (Å²) in [6.45, 7) is 4.25. The van der Waals surface area contributed by atoms with Crippen LogP contribution in [0.3, 0.4) is 0 Å². The summed E-state index contributed by atoms with van der Waals surface area (Å²) in [4.78, 5) is 15.8. The predicted molar refractivity (Wildman–Crippen MR) is 98.7 cm³/mol. The van der Waals surface area contributed by atoms with Gasteiger partial charge < -0.3 is 20.7 Å². The van der Waals surface area contributed by atoms with E-state index in [-0.39, 0.29) is 12.3 Å². The standard InChI is InChI=1S/C20H26N2O4/c1-14(2)10-18(21)20(25,19(23)24)12-16-11-17(8-9-22-16)26-13-15-6-4-3-5-7-15/h3-9,11,14,18,25H,10,12-13,21H2,1-2H3,(H,23,24). The number of benzene rings is 1. The molecule has 2 rings (SSSR count). The highest BCUT2D eigenvalue weighted by atomic mass is 16.5. The minimum Gasteiger partial charge on any atom is -0.489 e. The molecular formula is C20H26N2O4. The smallest absolute Gasteiger partial charge is 0.337 e. The summed E-state index contributed by atoms with van der Waals surface area (Å²) in [5.74, 6) is -0.614. The topological polar surface area (TPSA) is 106 Å². The number of nitrogens with zero attached hydrogens (tertiary/aromatic N) is 1. The van der Waals surface area contributed by atoms with Crippen molar-refractivity contribution in [3.05, 3.63) is 59.9 Å². The first-order chi connectivity index (χ1) is 12.3. The number of aliphatic hydroxyl groups is 1. The van der Waals surface area contributed by atoms with Gasteiger partial charge in [0.1, 0.15) is 12.4 Å². The Labute approximate surface area is 153 Å². The zero-order chi connectivity index (χ0) is 19.2. The number of carboxylic acid groups (broad SMARTS) is 1. The van der Waals surface area contributed by atoms with Crippen LogP contribution in [0.25, 0.3) is 0 Å². The highest BCUT2D eigenvalue weighted by Crippen LogP contribution is 2.23. The molecule has 1 aromatic heterocycles. The van der Waals surface area contributed by atoms with Crippen molar-refractivity contribution in [1.29, 1.82) is 0 Å². The molecule has 6 nitrogen and oxygen atoms in total. The van der Waals surface area contributed by atoms with E-state index in [9.17, 15) is 15.0 Å². The maximum Gasteiger partial charge on any atom is 0.337 e. The molecule has 1 aromatic carbocycles. The molecule has 1 heterocycles. The highest BCUT2D eigenvalue weighted by molar-refractivity contribution is 5.78.